The summed E-state index contributed by atoms with van der Waals surface area (Å²) in [6.07, 6.45) is -0.174. The van der Waals surface area contributed by atoms with Gasteiger partial charge in [-0.3, -0.25) is 9.52 Å². The van der Waals surface area contributed by atoms with Gasteiger partial charge in [0.1, 0.15) is 10.6 Å². The van der Waals surface area contributed by atoms with Crippen LogP contribution in [0.3, 0.4) is 0 Å². The van der Waals surface area contributed by atoms with Crippen molar-refractivity contribution in [2.24, 2.45) is 0 Å². The normalized spacial score (nSPS) is 16.2. The number of nitrogens with one attached hydrogen (secondary N) is 1. The van der Waals surface area contributed by atoms with Gasteiger partial charge in [-0.05, 0) is 30.3 Å². The molecule has 28 heavy (non-hydrogen) atoms. The monoisotopic (exact) mass is 464 g/mol. The van der Waals surface area contributed by atoms with Gasteiger partial charge < -0.3 is 4.74 Å². The highest BCUT2D eigenvalue weighted by atomic mass is 35.5. The largest absolute Gasteiger partial charge is 0.495 e. The molecule has 1 fully saturated rings. The van der Waals surface area contributed by atoms with Crippen LogP contribution < -0.4 is 13.8 Å². The summed E-state index contributed by atoms with van der Waals surface area (Å²) in [4.78, 5) is 11.6. The van der Waals surface area contributed by atoms with Gasteiger partial charge >= 0.3 is 0 Å². The van der Waals surface area contributed by atoms with Crippen molar-refractivity contribution in [3.05, 3.63) is 46.4 Å². The lowest BCUT2D eigenvalue weighted by atomic mass is 10.3. The fourth-order valence-corrected chi connectivity index (χ4v) is 5.77. The van der Waals surface area contributed by atoms with E-state index in [4.69, 9.17) is 27.9 Å². The third-order valence-electron chi connectivity index (χ3n) is 3.95. The Balaban J connectivity index is 2.09. The fraction of sp³-hybridized carbons (Fsp3) is 0.188. The van der Waals surface area contributed by atoms with Crippen molar-refractivity contribution in [3.8, 4) is 5.75 Å². The van der Waals surface area contributed by atoms with E-state index >= 15 is 0 Å². The second-order valence-electron chi connectivity index (χ2n) is 5.77. The molecule has 1 heterocycles. The molecule has 1 aliphatic rings. The van der Waals surface area contributed by atoms with E-state index in [1.807, 2.05) is 0 Å². The van der Waals surface area contributed by atoms with Crippen molar-refractivity contribution < 1.29 is 26.4 Å². The van der Waals surface area contributed by atoms with E-state index in [1.54, 1.807) is 0 Å². The summed E-state index contributed by atoms with van der Waals surface area (Å²) in [5.41, 5.74) is -0.0626. The van der Waals surface area contributed by atoms with Gasteiger partial charge in [-0.25, -0.2) is 21.1 Å². The number of methoxy groups -OCH3 is 1. The average molecular weight is 465 g/mol. The molecule has 12 heteroatoms. The van der Waals surface area contributed by atoms with Crippen LogP contribution in [0.4, 0.5) is 11.4 Å². The molecule has 2 aromatic carbocycles. The maximum Gasteiger partial charge on any atom is 0.265 e. The van der Waals surface area contributed by atoms with Gasteiger partial charge in [-0.2, -0.15) is 0 Å². The zero-order valence-electron chi connectivity index (χ0n) is 14.3. The lowest BCUT2D eigenvalue weighted by molar-refractivity contribution is -0.116. The number of sulfonamides is 2. The van der Waals surface area contributed by atoms with Gasteiger partial charge in [0.2, 0.25) is 15.9 Å². The van der Waals surface area contributed by atoms with E-state index in [0.717, 1.165) is 6.07 Å². The van der Waals surface area contributed by atoms with Gasteiger partial charge in [-0.1, -0.05) is 29.3 Å². The molecule has 2 aromatic rings. The first-order chi connectivity index (χ1) is 13.1. The van der Waals surface area contributed by atoms with Crippen molar-refractivity contribution in [2.75, 3.05) is 21.9 Å². The van der Waals surface area contributed by atoms with Crippen LogP contribution >= 0.6 is 23.2 Å². The molecule has 0 radical (unpaired) electrons. The minimum absolute atomic E-state index is 0.000150. The van der Waals surface area contributed by atoms with Crippen LogP contribution in [0.1, 0.15) is 6.42 Å². The smallest absolute Gasteiger partial charge is 0.265 e. The van der Waals surface area contributed by atoms with E-state index in [9.17, 15) is 21.6 Å². The summed E-state index contributed by atoms with van der Waals surface area (Å²) < 4.78 is 58.1. The van der Waals surface area contributed by atoms with Crippen LogP contribution in [0.2, 0.25) is 10.0 Å². The van der Waals surface area contributed by atoms with Gasteiger partial charge in [0, 0.05) is 6.42 Å². The molecule has 0 saturated carbocycles. The first-order valence-electron chi connectivity index (χ1n) is 7.77. The topological polar surface area (TPSA) is 110 Å². The molecule has 3 rings (SSSR count). The maximum atomic E-state index is 12.9. The van der Waals surface area contributed by atoms with Crippen LogP contribution in [0, 0.1) is 0 Å². The second kappa shape index (κ2) is 7.43. The highest BCUT2D eigenvalue weighted by Gasteiger charge is 2.37. The van der Waals surface area contributed by atoms with Crippen molar-refractivity contribution in [1.29, 1.82) is 0 Å². The van der Waals surface area contributed by atoms with E-state index < -0.39 is 26.0 Å². The number of nitrogens with zero attached hydrogens (tertiary/aromatic N) is 1. The summed E-state index contributed by atoms with van der Waals surface area (Å²) in [6, 6.07) is 8.04. The SMILES string of the molecule is COc1ccc(N2C(=O)CCS2(=O)=O)cc1S(=O)(=O)Nc1cccc(Cl)c1Cl. The quantitative estimate of drug-likeness (QED) is 0.727. The number of anilines is 2. The Morgan fingerprint density at radius 3 is 2.50 bits per heavy atom. The molecule has 150 valence electrons. The number of carbonyl (C=O) groups is 1. The number of amides is 1. The summed E-state index contributed by atoms with van der Waals surface area (Å²) in [5, 5.41) is 0.150. The molecule has 0 atom stereocenters. The summed E-state index contributed by atoms with van der Waals surface area (Å²) in [6.45, 7) is 0. The Morgan fingerprint density at radius 1 is 1.18 bits per heavy atom. The van der Waals surface area contributed by atoms with Crippen LogP contribution in [-0.2, 0) is 24.8 Å². The van der Waals surface area contributed by atoms with E-state index in [-0.39, 0.29) is 44.2 Å². The van der Waals surface area contributed by atoms with Gasteiger partial charge in [0.05, 0.1) is 34.3 Å². The maximum absolute atomic E-state index is 12.9. The van der Waals surface area contributed by atoms with E-state index in [1.165, 1.54) is 37.4 Å². The Morgan fingerprint density at radius 2 is 1.89 bits per heavy atom. The molecule has 0 bridgehead atoms. The highest BCUT2D eigenvalue weighted by Crippen LogP contribution is 2.35. The molecule has 1 saturated heterocycles. The number of benzene rings is 2. The number of ether oxygens (including phenoxy) is 1. The molecule has 1 aliphatic heterocycles. The van der Waals surface area contributed by atoms with Crippen molar-refractivity contribution >= 4 is 60.5 Å². The lowest BCUT2D eigenvalue weighted by Crippen LogP contribution is -2.29. The zero-order chi connectivity index (χ0) is 20.7. The molecular formula is C16H14Cl2N2O6S2. The van der Waals surface area contributed by atoms with Crippen LogP contribution in [0.15, 0.2) is 41.3 Å². The molecule has 0 aliphatic carbocycles. The van der Waals surface area contributed by atoms with E-state index in [2.05, 4.69) is 4.72 Å². The number of hydrogen-bond acceptors (Lipinski definition) is 6. The fourth-order valence-electron chi connectivity index (χ4n) is 2.65. The Hall–Kier alpha value is -2.01. The number of carbonyl (C=O) groups excluding carboxylic acids is 1. The Labute approximate surface area is 172 Å². The van der Waals surface area contributed by atoms with Gasteiger partial charge in [-0.15, -0.1) is 0 Å². The predicted octanol–water partition coefficient (Wildman–Crippen LogP) is 2.87. The third-order valence-corrected chi connectivity index (χ3v) is 7.84. The second-order valence-corrected chi connectivity index (χ2v) is 10.1. The van der Waals surface area contributed by atoms with Crippen molar-refractivity contribution in [3.63, 3.8) is 0 Å². The highest BCUT2D eigenvalue weighted by molar-refractivity contribution is 7.94. The molecule has 0 unspecified atom stereocenters. The third kappa shape index (κ3) is 3.77. The van der Waals surface area contributed by atoms with Crippen molar-refractivity contribution in [2.45, 2.75) is 11.3 Å². The average Bonchev–Trinajstić information content (AvgIpc) is 2.91. The summed E-state index contributed by atoms with van der Waals surface area (Å²) in [7, 11) is -6.84. The zero-order valence-corrected chi connectivity index (χ0v) is 17.5. The van der Waals surface area contributed by atoms with Crippen LogP contribution in [-0.4, -0.2) is 35.6 Å². The predicted molar refractivity (Wildman–Crippen MR) is 106 cm³/mol. The Kier molecular flexibility index (Phi) is 5.50. The Bertz CT molecular complexity index is 1170. The standard InChI is InChI=1S/C16H14Cl2N2O6S2/c1-26-13-6-5-10(20-15(21)7-8-27(20,22)23)9-14(13)28(24,25)19-12-4-2-3-11(17)16(12)18/h2-6,9,19H,7-8H2,1H3. The molecule has 1 N–H and O–H groups in total. The van der Waals surface area contributed by atoms with E-state index in [0.29, 0.717) is 4.31 Å². The molecule has 1 amide bonds. The number of halogens is 2. The molecule has 0 aromatic heterocycles. The summed E-state index contributed by atoms with van der Waals surface area (Å²) >= 11 is 11.9. The number of hydrogen-bond donors (Lipinski definition) is 1. The van der Waals surface area contributed by atoms with Gasteiger partial charge in [0.15, 0.2) is 0 Å². The molecule has 8 nitrogen and oxygen atoms in total. The molecule has 0 spiro atoms. The minimum Gasteiger partial charge on any atom is -0.495 e. The minimum atomic E-state index is -4.25. The van der Waals surface area contributed by atoms with Gasteiger partial charge in [0.25, 0.3) is 10.0 Å². The van der Waals surface area contributed by atoms with Crippen LogP contribution in [0.5, 0.6) is 5.75 Å². The first-order valence-corrected chi connectivity index (χ1v) is 11.6. The molecular weight excluding hydrogens is 451 g/mol. The first kappa shape index (κ1) is 20.7. The number of rotatable bonds is 5. The van der Waals surface area contributed by atoms with Crippen molar-refractivity contribution in [1.82, 2.24) is 0 Å². The van der Waals surface area contributed by atoms with Crippen LogP contribution in [0.25, 0.3) is 0 Å². The summed E-state index contributed by atoms with van der Waals surface area (Å²) in [5.74, 6) is -1.02. The lowest BCUT2D eigenvalue weighted by Gasteiger charge is -2.18.